The van der Waals surface area contributed by atoms with Gasteiger partial charge in [0.1, 0.15) is 18.4 Å². The quantitative estimate of drug-likeness (QED) is 0.130. The first-order valence-electron chi connectivity index (χ1n) is 15.1. The van der Waals surface area contributed by atoms with Gasteiger partial charge < -0.3 is 20.1 Å². The molecule has 5 rings (SSSR count). The number of carbonyl (C=O) groups is 3. The number of benzene rings is 4. The predicted molar refractivity (Wildman–Crippen MR) is 178 cm³/mol. The number of carbonyl (C=O) groups excluding carboxylic acids is 2. The summed E-state index contributed by atoms with van der Waals surface area (Å²) < 4.78 is 5.98. The molecule has 1 aromatic heterocycles. The van der Waals surface area contributed by atoms with Gasteiger partial charge in [0.25, 0.3) is 0 Å². The molecule has 0 bridgehead atoms. The molecule has 0 aliphatic rings. The van der Waals surface area contributed by atoms with Crippen molar-refractivity contribution in [2.24, 2.45) is 0 Å². The van der Waals surface area contributed by atoms with Crippen LogP contribution in [-0.2, 0) is 22.4 Å². The molecule has 0 saturated heterocycles. The standard InChI is InChI=1S/C38H35N3O5/c42-36(22-19-29-10-9-23-39-27-29)41(31-13-5-2-6-14-31)24-25-46-32-20-17-28(18-21-32)26-35(38(44)45)40-34-16-8-7-15-33(34)37(43)30-11-3-1-4-12-30/h1-18,20-21,23,27,35,40H,19,22,24-26H2,(H,44,45)/t35-/m0/s1. The van der Waals surface area contributed by atoms with E-state index >= 15 is 0 Å². The lowest BCUT2D eigenvalue weighted by Gasteiger charge is -2.23. The molecule has 5 aromatic rings. The molecule has 0 saturated carbocycles. The maximum absolute atomic E-state index is 13.2. The predicted octanol–water partition coefficient (Wildman–Crippen LogP) is 6.47. The van der Waals surface area contributed by atoms with E-state index < -0.39 is 12.0 Å². The number of carboxylic acid groups (broad SMARTS) is 1. The zero-order chi connectivity index (χ0) is 32.1. The Labute approximate surface area is 268 Å². The Morgan fingerprint density at radius 1 is 0.783 bits per heavy atom. The molecule has 8 nitrogen and oxygen atoms in total. The van der Waals surface area contributed by atoms with E-state index in [0.717, 1.165) is 16.8 Å². The summed E-state index contributed by atoms with van der Waals surface area (Å²) in [5, 5.41) is 13.1. The SMILES string of the molecule is O=C(c1ccccc1)c1ccccc1N[C@@H](Cc1ccc(OCCN(C(=O)CCc2cccnc2)c2ccccc2)cc1)C(=O)O. The van der Waals surface area contributed by atoms with Crippen molar-refractivity contribution in [2.75, 3.05) is 23.4 Å². The number of pyridine rings is 1. The van der Waals surface area contributed by atoms with Gasteiger partial charge in [-0.15, -0.1) is 0 Å². The molecule has 0 radical (unpaired) electrons. The minimum atomic E-state index is -1.03. The number of hydrogen-bond donors (Lipinski definition) is 2. The molecule has 0 spiro atoms. The number of ketones is 1. The minimum Gasteiger partial charge on any atom is -0.492 e. The lowest BCUT2D eigenvalue weighted by Crippen LogP contribution is -2.34. The summed E-state index contributed by atoms with van der Waals surface area (Å²) in [6.07, 6.45) is 4.62. The van der Waals surface area contributed by atoms with E-state index in [0.29, 0.717) is 42.0 Å². The van der Waals surface area contributed by atoms with Crippen molar-refractivity contribution in [3.63, 3.8) is 0 Å². The summed E-state index contributed by atoms with van der Waals surface area (Å²) in [6.45, 7) is 0.641. The van der Waals surface area contributed by atoms with E-state index in [-0.39, 0.29) is 24.7 Å². The maximum Gasteiger partial charge on any atom is 0.326 e. The normalized spacial score (nSPS) is 11.3. The number of amides is 1. The molecule has 0 fully saturated rings. The highest BCUT2D eigenvalue weighted by atomic mass is 16.5. The molecule has 4 aromatic carbocycles. The van der Waals surface area contributed by atoms with Gasteiger partial charge in [-0.25, -0.2) is 4.79 Å². The van der Waals surface area contributed by atoms with E-state index in [1.165, 1.54) is 0 Å². The fraction of sp³-hybridized carbons (Fsp3) is 0.158. The van der Waals surface area contributed by atoms with Crippen LogP contribution in [0.3, 0.4) is 0 Å². The lowest BCUT2D eigenvalue weighted by molar-refractivity contribution is -0.137. The summed E-state index contributed by atoms with van der Waals surface area (Å²) in [5.74, 6) is -0.613. The third-order valence-electron chi connectivity index (χ3n) is 7.50. The van der Waals surface area contributed by atoms with Gasteiger partial charge in [-0.05, 0) is 60.0 Å². The van der Waals surface area contributed by atoms with Crippen LogP contribution in [0.1, 0.15) is 33.5 Å². The summed E-state index contributed by atoms with van der Waals surface area (Å²) in [6, 6.07) is 35.4. The molecule has 1 amide bonds. The van der Waals surface area contributed by atoms with Crippen LogP contribution in [0.5, 0.6) is 5.75 Å². The highest BCUT2D eigenvalue weighted by molar-refractivity contribution is 6.12. The number of rotatable bonds is 15. The second kappa shape index (κ2) is 15.8. The smallest absolute Gasteiger partial charge is 0.326 e. The van der Waals surface area contributed by atoms with Gasteiger partial charge in [0, 0.05) is 47.7 Å². The molecule has 0 aliphatic carbocycles. The summed E-state index contributed by atoms with van der Waals surface area (Å²) in [7, 11) is 0. The number of aryl methyl sites for hydroxylation is 1. The van der Waals surface area contributed by atoms with Gasteiger partial charge >= 0.3 is 5.97 Å². The van der Waals surface area contributed by atoms with E-state index in [1.807, 2.05) is 60.7 Å². The van der Waals surface area contributed by atoms with Crippen molar-refractivity contribution >= 4 is 29.0 Å². The molecule has 46 heavy (non-hydrogen) atoms. The Bertz CT molecular complexity index is 1730. The zero-order valence-electron chi connectivity index (χ0n) is 25.3. The Kier molecular flexibility index (Phi) is 10.9. The van der Waals surface area contributed by atoms with Gasteiger partial charge in [-0.3, -0.25) is 14.6 Å². The Morgan fingerprint density at radius 3 is 2.17 bits per heavy atom. The first-order valence-corrected chi connectivity index (χ1v) is 15.1. The molecule has 232 valence electrons. The number of ether oxygens (including phenoxy) is 1. The first-order chi connectivity index (χ1) is 22.5. The second-order valence-electron chi connectivity index (χ2n) is 10.7. The number of nitrogens with one attached hydrogen (secondary N) is 1. The van der Waals surface area contributed by atoms with Crippen LogP contribution < -0.4 is 15.0 Å². The van der Waals surface area contributed by atoms with E-state index in [1.54, 1.807) is 78.0 Å². The van der Waals surface area contributed by atoms with Crippen LogP contribution in [0.4, 0.5) is 11.4 Å². The van der Waals surface area contributed by atoms with Gasteiger partial charge in [0.15, 0.2) is 5.78 Å². The average Bonchev–Trinajstić information content (AvgIpc) is 3.10. The van der Waals surface area contributed by atoms with Crippen LogP contribution in [0.15, 0.2) is 134 Å². The molecular weight excluding hydrogens is 578 g/mol. The monoisotopic (exact) mass is 613 g/mol. The van der Waals surface area contributed by atoms with E-state index in [2.05, 4.69) is 10.3 Å². The number of carboxylic acids is 1. The Hall–Kier alpha value is -5.76. The molecular formula is C38H35N3O5. The minimum absolute atomic E-state index is 0.00624. The van der Waals surface area contributed by atoms with Crippen molar-refractivity contribution in [2.45, 2.75) is 25.3 Å². The Balaban J connectivity index is 1.19. The largest absolute Gasteiger partial charge is 0.492 e. The van der Waals surface area contributed by atoms with Crippen molar-refractivity contribution in [1.29, 1.82) is 0 Å². The summed E-state index contributed by atoms with van der Waals surface area (Å²) in [5.41, 5.74) is 3.99. The first kappa shape index (κ1) is 31.7. The highest BCUT2D eigenvalue weighted by Gasteiger charge is 2.22. The van der Waals surface area contributed by atoms with Crippen molar-refractivity contribution in [3.05, 3.63) is 156 Å². The second-order valence-corrected chi connectivity index (χ2v) is 10.7. The summed E-state index contributed by atoms with van der Waals surface area (Å²) >= 11 is 0. The number of para-hydroxylation sites is 2. The van der Waals surface area contributed by atoms with Gasteiger partial charge in [-0.1, -0.05) is 78.9 Å². The van der Waals surface area contributed by atoms with Crippen molar-refractivity contribution in [1.82, 2.24) is 4.98 Å². The molecule has 0 aliphatic heterocycles. The maximum atomic E-state index is 13.2. The molecule has 0 unspecified atom stereocenters. The fourth-order valence-corrected chi connectivity index (χ4v) is 5.09. The lowest BCUT2D eigenvalue weighted by atomic mass is 10.00. The van der Waals surface area contributed by atoms with Crippen LogP contribution in [-0.4, -0.2) is 46.9 Å². The number of aromatic nitrogens is 1. The third kappa shape index (κ3) is 8.66. The topological polar surface area (TPSA) is 109 Å². The fourth-order valence-electron chi connectivity index (χ4n) is 5.09. The molecule has 2 N–H and O–H groups in total. The summed E-state index contributed by atoms with van der Waals surface area (Å²) in [4.78, 5) is 44.4. The van der Waals surface area contributed by atoms with Crippen LogP contribution in [0.2, 0.25) is 0 Å². The van der Waals surface area contributed by atoms with E-state index in [9.17, 15) is 19.5 Å². The van der Waals surface area contributed by atoms with Crippen LogP contribution in [0.25, 0.3) is 0 Å². The molecule has 8 heteroatoms. The van der Waals surface area contributed by atoms with E-state index in [4.69, 9.17) is 4.74 Å². The number of nitrogens with zero attached hydrogens (tertiary/aromatic N) is 2. The van der Waals surface area contributed by atoms with Crippen LogP contribution in [0, 0.1) is 0 Å². The van der Waals surface area contributed by atoms with Gasteiger partial charge in [-0.2, -0.15) is 0 Å². The van der Waals surface area contributed by atoms with Crippen molar-refractivity contribution < 1.29 is 24.2 Å². The molecule has 1 atom stereocenters. The zero-order valence-corrected chi connectivity index (χ0v) is 25.3. The average molecular weight is 614 g/mol. The van der Waals surface area contributed by atoms with Gasteiger partial charge in [0.05, 0.1) is 6.54 Å². The third-order valence-corrected chi connectivity index (χ3v) is 7.50. The number of aliphatic carboxylic acids is 1. The van der Waals surface area contributed by atoms with Crippen LogP contribution >= 0.6 is 0 Å². The van der Waals surface area contributed by atoms with Crippen molar-refractivity contribution in [3.8, 4) is 5.75 Å². The van der Waals surface area contributed by atoms with Gasteiger partial charge in [0.2, 0.25) is 5.91 Å². The number of anilines is 2. The Morgan fingerprint density at radius 2 is 1.48 bits per heavy atom. The number of hydrogen-bond acceptors (Lipinski definition) is 6. The molecule has 1 heterocycles. The highest BCUT2D eigenvalue weighted by Crippen LogP contribution is 2.22.